The van der Waals surface area contributed by atoms with Crippen molar-refractivity contribution in [3.05, 3.63) is 0 Å². The van der Waals surface area contributed by atoms with Gasteiger partial charge in [0.15, 0.2) is 0 Å². The third-order valence-electron chi connectivity index (χ3n) is 5.34. The summed E-state index contributed by atoms with van der Waals surface area (Å²) in [7, 11) is 6.18. The molecule has 1 rings (SSSR count). The second-order valence-electron chi connectivity index (χ2n) is 7.42. The van der Waals surface area contributed by atoms with Crippen molar-refractivity contribution in [3.63, 3.8) is 0 Å². The molecule has 0 bridgehead atoms. The maximum Gasteiger partial charge on any atom is 0.0623 e. The Bertz CT molecular complexity index is 293. The van der Waals surface area contributed by atoms with E-state index in [1.165, 1.54) is 25.7 Å². The van der Waals surface area contributed by atoms with E-state index in [2.05, 4.69) is 45.2 Å². The number of ether oxygens (including phenoxy) is 1. The summed E-state index contributed by atoms with van der Waals surface area (Å²) in [5, 5.41) is 0. The number of nitrogens with one attached hydrogen (secondary N) is 1. The van der Waals surface area contributed by atoms with E-state index in [0.29, 0.717) is 6.04 Å². The highest BCUT2D eigenvalue weighted by Gasteiger charge is 2.43. The van der Waals surface area contributed by atoms with Gasteiger partial charge in [-0.15, -0.1) is 0 Å². The molecule has 1 fully saturated rings. The van der Waals surface area contributed by atoms with Gasteiger partial charge in [-0.25, -0.2) is 0 Å². The van der Waals surface area contributed by atoms with Crippen molar-refractivity contribution in [2.45, 2.75) is 76.5 Å². The molecule has 0 saturated heterocycles. The predicted molar refractivity (Wildman–Crippen MR) is 85.5 cm³/mol. The number of methoxy groups -OCH3 is 1. The fraction of sp³-hybridized carbons (Fsp3) is 1.00. The van der Waals surface area contributed by atoms with E-state index < -0.39 is 0 Å². The molecule has 4 nitrogen and oxygen atoms in total. The normalized spacial score (nSPS) is 29.7. The highest BCUT2D eigenvalue weighted by Crippen LogP contribution is 2.39. The van der Waals surface area contributed by atoms with Crippen LogP contribution >= 0.6 is 0 Å². The van der Waals surface area contributed by atoms with E-state index >= 15 is 0 Å². The molecule has 0 spiro atoms. The first-order valence-electron chi connectivity index (χ1n) is 7.96. The molecular weight excluding hydrogens is 250 g/mol. The van der Waals surface area contributed by atoms with Crippen LogP contribution in [0.2, 0.25) is 0 Å². The monoisotopic (exact) mass is 285 g/mol. The summed E-state index contributed by atoms with van der Waals surface area (Å²) < 4.78 is 5.55. The van der Waals surface area contributed by atoms with E-state index in [4.69, 9.17) is 10.6 Å². The van der Waals surface area contributed by atoms with Crippen LogP contribution in [0.5, 0.6) is 0 Å². The number of likely N-dealkylation sites (N-methyl/N-ethyl adjacent to an activating group) is 1. The Morgan fingerprint density at radius 2 is 2.10 bits per heavy atom. The minimum Gasteiger partial charge on any atom is -0.379 e. The Morgan fingerprint density at radius 3 is 2.55 bits per heavy atom. The average Bonchev–Trinajstić information content (AvgIpc) is 2.39. The molecule has 3 N–H and O–H groups in total. The summed E-state index contributed by atoms with van der Waals surface area (Å²) in [6.45, 7) is 6.66. The summed E-state index contributed by atoms with van der Waals surface area (Å²) in [5.41, 5.74) is 3.21. The van der Waals surface area contributed by atoms with E-state index in [-0.39, 0.29) is 11.1 Å². The lowest BCUT2D eigenvalue weighted by molar-refractivity contribution is -0.00636. The van der Waals surface area contributed by atoms with Crippen molar-refractivity contribution in [2.24, 2.45) is 11.8 Å². The summed E-state index contributed by atoms with van der Waals surface area (Å²) in [5.74, 6) is 6.70. The van der Waals surface area contributed by atoms with Crippen LogP contribution in [0, 0.1) is 5.92 Å². The molecule has 0 aromatic rings. The molecule has 4 heteroatoms. The van der Waals surface area contributed by atoms with Crippen LogP contribution in [-0.2, 0) is 4.74 Å². The molecule has 0 amide bonds. The maximum atomic E-state index is 5.93. The first-order valence-corrected chi connectivity index (χ1v) is 7.96. The molecule has 3 unspecified atom stereocenters. The Hall–Kier alpha value is -0.160. The third-order valence-corrected chi connectivity index (χ3v) is 5.34. The summed E-state index contributed by atoms with van der Waals surface area (Å²) >= 11 is 0. The van der Waals surface area contributed by atoms with Gasteiger partial charge >= 0.3 is 0 Å². The molecule has 3 atom stereocenters. The SMILES string of the molecule is COC(C)(C)CCC(NN)C1(N(C)C)CCCC(C)C1. The predicted octanol–water partition coefficient (Wildman–Crippen LogP) is 2.53. The first kappa shape index (κ1) is 17.9. The van der Waals surface area contributed by atoms with Crippen LogP contribution in [0.15, 0.2) is 0 Å². The van der Waals surface area contributed by atoms with Gasteiger partial charge in [-0.05, 0) is 59.5 Å². The first-order chi connectivity index (χ1) is 9.27. The lowest BCUT2D eigenvalue weighted by atomic mass is 9.70. The molecule has 0 radical (unpaired) electrons. The standard InChI is InChI=1S/C16H35N3O/c1-13-8-7-10-16(12-13,19(4)5)14(18-17)9-11-15(2,3)20-6/h13-14,18H,7-12,17H2,1-6H3. The number of nitrogens with zero attached hydrogens (tertiary/aromatic N) is 1. The smallest absolute Gasteiger partial charge is 0.0623 e. The highest BCUT2D eigenvalue weighted by atomic mass is 16.5. The topological polar surface area (TPSA) is 50.5 Å². The van der Waals surface area contributed by atoms with Gasteiger partial charge in [0.25, 0.3) is 0 Å². The van der Waals surface area contributed by atoms with Crippen LogP contribution < -0.4 is 11.3 Å². The Labute approximate surface area is 125 Å². The molecule has 0 heterocycles. The third kappa shape index (κ3) is 4.17. The van der Waals surface area contributed by atoms with Crippen molar-refractivity contribution >= 4 is 0 Å². The number of hydrogen-bond acceptors (Lipinski definition) is 4. The Morgan fingerprint density at radius 1 is 1.45 bits per heavy atom. The van der Waals surface area contributed by atoms with Gasteiger partial charge in [0, 0.05) is 18.7 Å². The molecular formula is C16H35N3O. The van der Waals surface area contributed by atoms with Gasteiger partial charge in [-0.2, -0.15) is 0 Å². The van der Waals surface area contributed by atoms with Gasteiger partial charge in [0.1, 0.15) is 0 Å². The number of hydrogen-bond donors (Lipinski definition) is 2. The fourth-order valence-electron chi connectivity index (χ4n) is 3.70. The van der Waals surface area contributed by atoms with E-state index in [1.54, 1.807) is 7.11 Å². The van der Waals surface area contributed by atoms with Crippen LogP contribution in [0.25, 0.3) is 0 Å². The van der Waals surface area contributed by atoms with E-state index in [1.807, 2.05) is 0 Å². The number of hydrazine groups is 1. The zero-order valence-corrected chi connectivity index (χ0v) is 14.3. The minimum absolute atomic E-state index is 0.0805. The van der Waals surface area contributed by atoms with Crippen molar-refractivity contribution in [2.75, 3.05) is 21.2 Å². The van der Waals surface area contributed by atoms with E-state index in [0.717, 1.165) is 18.8 Å². The molecule has 0 aliphatic heterocycles. The molecule has 1 aliphatic carbocycles. The van der Waals surface area contributed by atoms with Gasteiger partial charge in [-0.1, -0.05) is 19.8 Å². The zero-order chi connectivity index (χ0) is 15.4. The van der Waals surface area contributed by atoms with Crippen molar-refractivity contribution < 1.29 is 4.74 Å². The lowest BCUT2D eigenvalue weighted by Crippen LogP contribution is -2.62. The second-order valence-corrected chi connectivity index (χ2v) is 7.42. The summed E-state index contributed by atoms with van der Waals surface area (Å²) in [6, 6.07) is 0.315. The van der Waals surface area contributed by atoms with Crippen molar-refractivity contribution in [3.8, 4) is 0 Å². The van der Waals surface area contributed by atoms with Gasteiger partial charge in [0.05, 0.1) is 5.60 Å². The van der Waals surface area contributed by atoms with Crippen LogP contribution in [-0.4, -0.2) is 43.3 Å². The molecule has 1 aliphatic rings. The van der Waals surface area contributed by atoms with Crippen LogP contribution in [0.3, 0.4) is 0 Å². The zero-order valence-electron chi connectivity index (χ0n) is 14.3. The Balaban J connectivity index is 2.81. The summed E-state index contributed by atoms with van der Waals surface area (Å²) in [6.07, 6.45) is 7.15. The maximum absolute atomic E-state index is 5.93. The van der Waals surface area contributed by atoms with Gasteiger partial charge < -0.3 is 9.64 Å². The lowest BCUT2D eigenvalue weighted by Gasteiger charge is -2.50. The quantitative estimate of drug-likeness (QED) is 0.557. The highest BCUT2D eigenvalue weighted by molar-refractivity contribution is 5.01. The Kier molecular flexibility index (Phi) is 6.45. The molecule has 1 saturated carbocycles. The minimum atomic E-state index is -0.0805. The second kappa shape index (κ2) is 7.21. The van der Waals surface area contributed by atoms with Gasteiger partial charge in [-0.3, -0.25) is 11.3 Å². The fourth-order valence-corrected chi connectivity index (χ4v) is 3.70. The van der Waals surface area contributed by atoms with Crippen LogP contribution in [0.4, 0.5) is 0 Å². The van der Waals surface area contributed by atoms with Crippen molar-refractivity contribution in [1.82, 2.24) is 10.3 Å². The molecule has 120 valence electrons. The molecule has 0 aromatic heterocycles. The summed E-state index contributed by atoms with van der Waals surface area (Å²) in [4.78, 5) is 2.40. The van der Waals surface area contributed by atoms with Crippen molar-refractivity contribution in [1.29, 1.82) is 0 Å². The molecule has 20 heavy (non-hydrogen) atoms. The average molecular weight is 285 g/mol. The van der Waals surface area contributed by atoms with Gasteiger partial charge in [0.2, 0.25) is 0 Å². The number of rotatable bonds is 7. The number of nitrogens with two attached hydrogens (primary N) is 1. The largest absolute Gasteiger partial charge is 0.379 e. The van der Waals surface area contributed by atoms with E-state index in [9.17, 15) is 0 Å². The van der Waals surface area contributed by atoms with Crippen LogP contribution in [0.1, 0.15) is 59.3 Å². The molecule has 0 aromatic carbocycles.